The van der Waals surface area contributed by atoms with Crippen molar-refractivity contribution in [2.24, 2.45) is 5.92 Å². The number of rotatable bonds is 4. The molecule has 0 radical (unpaired) electrons. The van der Waals surface area contributed by atoms with Gasteiger partial charge in [0.05, 0.1) is 0 Å². The highest BCUT2D eigenvalue weighted by atomic mass is 32.1. The van der Waals surface area contributed by atoms with Crippen LogP contribution >= 0.6 is 12.6 Å². The van der Waals surface area contributed by atoms with Gasteiger partial charge in [0, 0.05) is 29.4 Å². The van der Waals surface area contributed by atoms with E-state index in [1.165, 1.54) is 38.2 Å². The largest absolute Gasteiger partial charge is 0.480 e. The average molecular weight is 530 g/mol. The Balaban J connectivity index is 0.000000461. The molecule has 202 valence electrons. The second kappa shape index (κ2) is 17.0. The van der Waals surface area contributed by atoms with Crippen molar-refractivity contribution in [2.75, 3.05) is 19.4 Å². The molecule has 0 amide bonds. The lowest BCUT2D eigenvalue weighted by molar-refractivity contribution is -0.143. The summed E-state index contributed by atoms with van der Waals surface area (Å²) in [6.45, 7) is 5.57. The standard InChI is InChI=1S/C8H9NO.C7H14.C6H4F3NS.C5H11NO2/c1-9-8-4-2-7(6-10)3-5-8;1-7-5-3-2-4-6-7;7-6(8,9)5-2-1-4(11)3-10-5;1-5(2,6-3)4(7)8/h2-6,9H,1H3;7H,2-6H2,1H3;1-3,11H;6H,1-3H3,(H,7,8). The Morgan fingerprint density at radius 3 is 1.89 bits per heavy atom. The van der Waals surface area contributed by atoms with Gasteiger partial charge in [0.1, 0.15) is 17.5 Å². The van der Waals surface area contributed by atoms with E-state index in [1.807, 2.05) is 19.2 Å². The van der Waals surface area contributed by atoms with Crippen LogP contribution in [0.3, 0.4) is 0 Å². The molecule has 0 unspecified atom stereocenters. The predicted molar refractivity (Wildman–Crippen MR) is 141 cm³/mol. The number of anilines is 1. The quantitative estimate of drug-likeness (QED) is 0.264. The lowest BCUT2D eigenvalue weighted by Gasteiger charge is -2.16. The van der Waals surface area contributed by atoms with Crippen LogP contribution in [0.2, 0.25) is 0 Å². The van der Waals surface area contributed by atoms with Gasteiger partial charge in [-0.2, -0.15) is 13.2 Å². The maximum atomic E-state index is 11.8. The summed E-state index contributed by atoms with van der Waals surface area (Å²) in [4.78, 5) is 23.9. The minimum Gasteiger partial charge on any atom is -0.480 e. The third-order valence-corrected chi connectivity index (χ3v) is 5.69. The van der Waals surface area contributed by atoms with Crippen molar-refractivity contribution in [3.05, 3.63) is 53.9 Å². The zero-order chi connectivity index (χ0) is 27.8. The predicted octanol–water partition coefficient (Wildman–Crippen LogP) is 6.59. The van der Waals surface area contributed by atoms with Gasteiger partial charge in [-0.05, 0) is 63.2 Å². The highest BCUT2D eigenvalue weighted by Gasteiger charge is 2.31. The number of pyridine rings is 1. The van der Waals surface area contributed by atoms with Gasteiger partial charge in [-0.15, -0.1) is 12.6 Å². The van der Waals surface area contributed by atoms with Crippen LogP contribution in [0.15, 0.2) is 47.5 Å². The van der Waals surface area contributed by atoms with Crippen LogP contribution in [0.4, 0.5) is 18.9 Å². The van der Waals surface area contributed by atoms with Crippen LogP contribution in [-0.2, 0) is 11.0 Å². The molecular weight excluding hydrogens is 491 g/mol. The van der Waals surface area contributed by atoms with E-state index in [4.69, 9.17) is 5.11 Å². The van der Waals surface area contributed by atoms with E-state index in [-0.39, 0.29) is 0 Å². The Morgan fingerprint density at radius 2 is 1.61 bits per heavy atom. The number of hydrogen-bond donors (Lipinski definition) is 4. The number of halogens is 3. The van der Waals surface area contributed by atoms with Crippen LogP contribution in [0, 0.1) is 5.92 Å². The van der Waals surface area contributed by atoms with Gasteiger partial charge in [-0.1, -0.05) is 39.0 Å². The van der Waals surface area contributed by atoms with Crippen molar-refractivity contribution in [3.63, 3.8) is 0 Å². The summed E-state index contributed by atoms with van der Waals surface area (Å²) in [5.74, 6) is 0.203. The summed E-state index contributed by atoms with van der Waals surface area (Å²) in [7, 11) is 3.46. The first-order valence-electron chi connectivity index (χ1n) is 11.6. The van der Waals surface area contributed by atoms with Crippen LogP contribution in [-0.4, -0.2) is 42.0 Å². The first-order chi connectivity index (χ1) is 16.8. The van der Waals surface area contributed by atoms with Crippen molar-refractivity contribution < 1.29 is 27.9 Å². The first-order valence-corrected chi connectivity index (χ1v) is 12.1. The molecule has 0 bridgehead atoms. The maximum Gasteiger partial charge on any atom is 0.433 e. The normalized spacial score (nSPS) is 13.5. The molecular formula is C26H38F3N3O3S. The summed E-state index contributed by atoms with van der Waals surface area (Å²) in [6, 6.07) is 9.42. The molecule has 3 rings (SSSR count). The molecule has 6 nitrogen and oxygen atoms in total. The summed E-state index contributed by atoms with van der Waals surface area (Å²) in [5.41, 5.74) is 0.0416. The molecule has 0 spiro atoms. The number of carbonyl (C=O) groups excluding carboxylic acids is 1. The van der Waals surface area contributed by atoms with E-state index in [2.05, 4.69) is 35.2 Å². The molecule has 1 aromatic heterocycles. The molecule has 1 fully saturated rings. The first kappa shape index (κ1) is 33.4. The van der Waals surface area contributed by atoms with Gasteiger partial charge in [0.25, 0.3) is 0 Å². The number of alkyl halides is 3. The molecule has 1 aliphatic rings. The van der Waals surface area contributed by atoms with Crippen molar-refractivity contribution in [1.82, 2.24) is 10.3 Å². The average Bonchev–Trinajstić information content (AvgIpc) is 2.85. The number of aldehydes is 1. The Bertz CT molecular complexity index is 884. The molecule has 1 heterocycles. The van der Waals surface area contributed by atoms with Gasteiger partial charge in [-0.25, -0.2) is 0 Å². The summed E-state index contributed by atoms with van der Waals surface area (Å²) in [5, 5.41) is 14.0. The number of aliphatic carboxylic acids is 1. The minimum atomic E-state index is -4.36. The fraction of sp³-hybridized carbons (Fsp3) is 0.500. The van der Waals surface area contributed by atoms with Crippen LogP contribution in [0.25, 0.3) is 0 Å². The lowest BCUT2D eigenvalue weighted by Crippen LogP contribution is -2.44. The fourth-order valence-electron chi connectivity index (χ4n) is 2.70. The Kier molecular flexibility index (Phi) is 15.7. The third kappa shape index (κ3) is 14.7. The number of carboxylic acid groups (broad SMARTS) is 1. The van der Waals surface area contributed by atoms with Crippen molar-refractivity contribution >= 4 is 30.6 Å². The van der Waals surface area contributed by atoms with Crippen LogP contribution < -0.4 is 10.6 Å². The molecule has 0 atom stereocenters. The molecule has 1 aromatic carbocycles. The van der Waals surface area contributed by atoms with Gasteiger partial charge in [-0.3, -0.25) is 14.6 Å². The van der Waals surface area contributed by atoms with E-state index in [0.717, 1.165) is 30.2 Å². The number of nitrogens with one attached hydrogen (secondary N) is 2. The Labute approximate surface area is 217 Å². The minimum absolute atomic E-state index is 0.415. The smallest absolute Gasteiger partial charge is 0.433 e. The molecule has 2 aromatic rings. The Morgan fingerprint density at radius 1 is 1.06 bits per heavy atom. The monoisotopic (exact) mass is 529 g/mol. The number of hydrogen-bond acceptors (Lipinski definition) is 6. The number of carbonyl (C=O) groups is 2. The zero-order valence-corrected chi connectivity index (χ0v) is 22.4. The molecule has 10 heteroatoms. The number of carboxylic acids is 1. The number of benzene rings is 1. The van der Waals surface area contributed by atoms with E-state index in [9.17, 15) is 22.8 Å². The molecule has 36 heavy (non-hydrogen) atoms. The number of thiol groups is 1. The zero-order valence-electron chi connectivity index (χ0n) is 21.5. The molecule has 1 saturated carbocycles. The summed E-state index contributed by atoms with van der Waals surface area (Å²) in [6.07, 6.45) is 4.97. The van der Waals surface area contributed by atoms with Crippen molar-refractivity contribution in [3.8, 4) is 0 Å². The van der Waals surface area contributed by atoms with E-state index in [1.54, 1.807) is 33.0 Å². The molecule has 0 aliphatic heterocycles. The number of aromatic nitrogens is 1. The van der Waals surface area contributed by atoms with Gasteiger partial charge in [0.15, 0.2) is 0 Å². The Hall–Kier alpha value is -2.59. The van der Waals surface area contributed by atoms with Crippen LogP contribution in [0.1, 0.15) is 68.9 Å². The highest BCUT2D eigenvalue weighted by molar-refractivity contribution is 7.80. The van der Waals surface area contributed by atoms with Crippen LogP contribution in [0.5, 0.6) is 0 Å². The van der Waals surface area contributed by atoms with Crippen molar-refractivity contribution in [2.45, 2.75) is 69.5 Å². The van der Waals surface area contributed by atoms with E-state index in [0.29, 0.717) is 10.5 Å². The number of nitrogens with zero attached hydrogens (tertiary/aromatic N) is 1. The van der Waals surface area contributed by atoms with Gasteiger partial charge in [0.2, 0.25) is 0 Å². The SMILES string of the molecule is CC1CCCCC1.CNC(C)(C)C(=O)O.CNc1ccc(C=O)cc1.FC(F)(F)c1ccc(S)cn1. The molecule has 1 aliphatic carbocycles. The second-order valence-corrected chi connectivity index (χ2v) is 9.33. The summed E-state index contributed by atoms with van der Waals surface area (Å²) >= 11 is 3.80. The molecule has 3 N–H and O–H groups in total. The maximum absolute atomic E-state index is 11.8. The third-order valence-electron chi connectivity index (χ3n) is 5.43. The van der Waals surface area contributed by atoms with Crippen molar-refractivity contribution in [1.29, 1.82) is 0 Å². The number of likely N-dealkylation sites (N-methyl/N-ethyl adjacent to an activating group) is 1. The lowest BCUT2D eigenvalue weighted by atomic mass is 9.91. The fourth-order valence-corrected chi connectivity index (χ4v) is 2.83. The van der Waals surface area contributed by atoms with Gasteiger partial charge >= 0.3 is 12.1 Å². The second-order valence-electron chi connectivity index (χ2n) is 8.81. The topological polar surface area (TPSA) is 91.3 Å². The van der Waals surface area contributed by atoms with E-state index >= 15 is 0 Å². The molecule has 0 saturated heterocycles. The highest BCUT2D eigenvalue weighted by Crippen LogP contribution is 2.27. The van der Waals surface area contributed by atoms with E-state index < -0.39 is 23.4 Å². The van der Waals surface area contributed by atoms with Gasteiger partial charge < -0.3 is 15.7 Å². The summed E-state index contributed by atoms with van der Waals surface area (Å²) < 4.78 is 35.5.